The van der Waals surface area contributed by atoms with Crippen LogP contribution in [0.2, 0.25) is 5.02 Å². The number of likely N-dealkylation sites (tertiary alicyclic amines) is 2. The molecule has 44 heavy (non-hydrogen) atoms. The van der Waals surface area contributed by atoms with Gasteiger partial charge < -0.3 is 20.0 Å². The predicted molar refractivity (Wildman–Crippen MR) is 170 cm³/mol. The number of benzene rings is 1. The molecule has 240 valence electrons. The number of nitrogens with zero attached hydrogens (tertiary/aromatic N) is 4. The van der Waals surface area contributed by atoms with E-state index in [0.29, 0.717) is 50.1 Å². The van der Waals surface area contributed by atoms with Crippen molar-refractivity contribution in [3.63, 3.8) is 0 Å². The molecule has 2 atom stereocenters. The average molecular weight is 665 g/mol. The number of hydrogen-bond donors (Lipinski definition) is 2. The summed E-state index contributed by atoms with van der Waals surface area (Å²) in [7, 11) is -3.93. The Labute approximate surface area is 267 Å². The van der Waals surface area contributed by atoms with E-state index >= 15 is 0 Å². The minimum absolute atomic E-state index is 0.0368. The summed E-state index contributed by atoms with van der Waals surface area (Å²) in [6.07, 6.45) is 7.32. The first kappa shape index (κ1) is 31.5. The first-order valence-electron chi connectivity index (χ1n) is 15.7. The molecular formula is C30H41ClN6O5S2. The van der Waals surface area contributed by atoms with E-state index in [1.165, 1.54) is 17.7 Å². The molecule has 3 aliphatic heterocycles. The fourth-order valence-corrected chi connectivity index (χ4v) is 9.75. The van der Waals surface area contributed by atoms with Gasteiger partial charge in [0.15, 0.2) is 0 Å². The van der Waals surface area contributed by atoms with Crippen LogP contribution in [-0.4, -0.2) is 116 Å². The van der Waals surface area contributed by atoms with Gasteiger partial charge in [-0.3, -0.25) is 14.5 Å². The molecule has 0 spiro atoms. The number of fused-ring (bicyclic) bond motifs is 1. The molecule has 2 N–H and O–H groups in total. The van der Waals surface area contributed by atoms with Crippen molar-refractivity contribution < 1.29 is 22.8 Å². The van der Waals surface area contributed by atoms with E-state index in [2.05, 4.69) is 14.9 Å². The molecule has 4 aliphatic rings. The molecule has 2 unspecified atom stereocenters. The van der Waals surface area contributed by atoms with Crippen LogP contribution in [0.5, 0.6) is 0 Å². The Morgan fingerprint density at radius 2 is 1.68 bits per heavy atom. The zero-order valence-corrected chi connectivity index (χ0v) is 27.3. The lowest BCUT2D eigenvalue weighted by Gasteiger charge is -2.38. The van der Waals surface area contributed by atoms with Gasteiger partial charge in [-0.15, -0.1) is 11.3 Å². The topological polar surface area (TPSA) is 122 Å². The van der Waals surface area contributed by atoms with Crippen LogP contribution < -0.4 is 10.0 Å². The van der Waals surface area contributed by atoms with E-state index in [9.17, 15) is 22.8 Å². The lowest BCUT2D eigenvalue weighted by molar-refractivity contribution is -0.143. The SMILES string of the molecule is O=C(NC1CCCC1)N1CCN(CC2CCCN2C(=O)CN2CCCC(NS(=O)(=O)c3cc4cc(Cl)ccc4s3)C2=O)CC1. The second-order valence-electron chi connectivity index (χ2n) is 12.4. The third-order valence-corrected chi connectivity index (χ3v) is 12.7. The number of rotatable bonds is 8. The Kier molecular flexibility index (Phi) is 9.67. The van der Waals surface area contributed by atoms with Crippen molar-refractivity contribution in [2.75, 3.05) is 52.4 Å². The molecule has 0 bridgehead atoms. The molecule has 3 saturated heterocycles. The first-order chi connectivity index (χ1) is 21.2. The van der Waals surface area contributed by atoms with E-state index in [-0.39, 0.29) is 34.6 Å². The molecule has 6 rings (SSSR count). The van der Waals surface area contributed by atoms with E-state index in [1.807, 2.05) is 9.80 Å². The normalized spacial score (nSPS) is 24.0. The lowest BCUT2D eigenvalue weighted by Crippen LogP contribution is -2.56. The van der Waals surface area contributed by atoms with Gasteiger partial charge in [-0.1, -0.05) is 24.4 Å². The summed E-state index contributed by atoms with van der Waals surface area (Å²) in [5.74, 6) is -0.458. The van der Waals surface area contributed by atoms with Crippen molar-refractivity contribution in [1.29, 1.82) is 0 Å². The summed E-state index contributed by atoms with van der Waals surface area (Å²) in [5, 5.41) is 4.43. The van der Waals surface area contributed by atoms with Crippen molar-refractivity contribution in [2.45, 2.75) is 73.7 Å². The van der Waals surface area contributed by atoms with Gasteiger partial charge in [-0.05, 0) is 68.2 Å². The largest absolute Gasteiger partial charge is 0.337 e. The molecule has 11 nitrogen and oxygen atoms in total. The van der Waals surface area contributed by atoms with E-state index < -0.39 is 16.1 Å². The van der Waals surface area contributed by atoms with Crippen LogP contribution in [0.4, 0.5) is 4.79 Å². The van der Waals surface area contributed by atoms with Crippen molar-refractivity contribution in [1.82, 2.24) is 29.6 Å². The Morgan fingerprint density at radius 1 is 0.932 bits per heavy atom. The molecular weight excluding hydrogens is 624 g/mol. The molecule has 1 aromatic carbocycles. The molecule has 1 aromatic heterocycles. The van der Waals surface area contributed by atoms with Gasteiger partial charge in [0.25, 0.3) is 10.0 Å². The summed E-state index contributed by atoms with van der Waals surface area (Å²) in [6, 6.07) is 6.28. The smallest absolute Gasteiger partial charge is 0.317 e. The van der Waals surface area contributed by atoms with Crippen LogP contribution in [0.1, 0.15) is 51.4 Å². The molecule has 1 saturated carbocycles. The van der Waals surface area contributed by atoms with Gasteiger partial charge in [0.1, 0.15) is 10.3 Å². The maximum Gasteiger partial charge on any atom is 0.317 e. The standard InChI is InChI=1S/C30H41ClN6O5S2/c31-22-9-10-26-21(17-22)18-28(43-26)44(41,42)33-25-8-4-11-36(29(25)39)20-27(38)37-12-3-7-24(37)19-34-13-15-35(16-14-34)30(40)32-23-5-1-2-6-23/h9-10,17-18,23-25,33H,1-8,11-16,19-20H2,(H,32,40). The molecule has 14 heteroatoms. The van der Waals surface area contributed by atoms with E-state index in [1.54, 1.807) is 24.3 Å². The number of carbonyl (C=O) groups excluding carboxylic acids is 3. The summed E-state index contributed by atoms with van der Waals surface area (Å²) in [6.45, 7) is 4.67. The Balaban J connectivity index is 1.00. The number of hydrogen-bond acceptors (Lipinski definition) is 7. The van der Waals surface area contributed by atoms with Crippen LogP contribution in [0, 0.1) is 0 Å². The first-order valence-corrected chi connectivity index (χ1v) is 18.4. The van der Waals surface area contributed by atoms with Gasteiger partial charge >= 0.3 is 6.03 Å². The molecule has 4 heterocycles. The van der Waals surface area contributed by atoms with Crippen molar-refractivity contribution in [2.24, 2.45) is 0 Å². The number of nitrogens with one attached hydrogen (secondary N) is 2. The Hall–Kier alpha value is -2.45. The van der Waals surface area contributed by atoms with Crippen LogP contribution in [0.25, 0.3) is 10.1 Å². The summed E-state index contributed by atoms with van der Waals surface area (Å²) >= 11 is 7.19. The van der Waals surface area contributed by atoms with E-state index in [4.69, 9.17) is 11.6 Å². The third-order valence-electron chi connectivity index (χ3n) is 9.38. The summed E-state index contributed by atoms with van der Waals surface area (Å²) < 4.78 is 29.9. The van der Waals surface area contributed by atoms with Gasteiger partial charge in [0, 0.05) is 67.6 Å². The summed E-state index contributed by atoms with van der Waals surface area (Å²) in [4.78, 5) is 47.1. The Bertz CT molecular complexity index is 1490. The molecule has 4 amide bonds. The fourth-order valence-electron chi connectivity index (χ4n) is 6.95. The molecule has 0 radical (unpaired) electrons. The zero-order chi connectivity index (χ0) is 30.8. The zero-order valence-electron chi connectivity index (χ0n) is 24.9. The number of piperazine rings is 1. The number of carbonyl (C=O) groups is 3. The quantitative estimate of drug-likeness (QED) is 0.448. The van der Waals surface area contributed by atoms with Crippen molar-refractivity contribution in [3.05, 3.63) is 29.3 Å². The van der Waals surface area contributed by atoms with Crippen LogP contribution >= 0.6 is 22.9 Å². The van der Waals surface area contributed by atoms with Crippen molar-refractivity contribution >= 4 is 60.9 Å². The molecule has 4 fully saturated rings. The minimum atomic E-state index is -3.93. The maximum atomic E-state index is 13.5. The number of halogens is 1. The van der Waals surface area contributed by atoms with Gasteiger partial charge in [-0.2, -0.15) is 4.72 Å². The summed E-state index contributed by atoms with van der Waals surface area (Å²) in [5.41, 5.74) is 0. The molecule has 1 aliphatic carbocycles. The highest BCUT2D eigenvalue weighted by molar-refractivity contribution is 7.91. The van der Waals surface area contributed by atoms with Crippen LogP contribution in [0.15, 0.2) is 28.5 Å². The number of amides is 4. The fraction of sp³-hybridized carbons (Fsp3) is 0.633. The van der Waals surface area contributed by atoms with Gasteiger partial charge in [0.2, 0.25) is 11.8 Å². The highest BCUT2D eigenvalue weighted by Crippen LogP contribution is 2.31. The van der Waals surface area contributed by atoms with Crippen molar-refractivity contribution in [3.8, 4) is 0 Å². The van der Waals surface area contributed by atoms with Gasteiger partial charge in [-0.25, -0.2) is 13.2 Å². The van der Waals surface area contributed by atoms with Gasteiger partial charge in [0.05, 0.1) is 6.54 Å². The maximum absolute atomic E-state index is 13.5. The molecule has 2 aromatic rings. The second kappa shape index (κ2) is 13.5. The third kappa shape index (κ3) is 7.17. The highest BCUT2D eigenvalue weighted by atomic mass is 35.5. The number of thiophene rings is 1. The van der Waals surface area contributed by atoms with Crippen LogP contribution in [0.3, 0.4) is 0 Å². The lowest BCUT2D eigenvalue weighted by atomic mass is 10.1. The minimum Gasteiger partial charge on any atom is -0.337 e. The number of piperidine rings is 1. The van der Waals surface area contributed by atoms with E-state index in [0.717, 1.165) is 66.7 Å². The average Bonchev–Trinajstić information content (AvgIpc) is 3.77. The number of sulfonamides is 1. The van der Waals surface area contributed by atoms with Crippen LogP contribution in [-0.2, 0) is 19.6 Å². The Morgan fingerprint density at radius 3 is 2.45 bits per heavy atom. The number of urea groups is 1. The monoisotopic (exact) mass is 664 g/mol. The second-order valence-corrected chi connectivity index (χ2v) is 15.9. The predicted octanol–water partition coefficient (Wildman–Crippen LogP) is 3.08. The highest BCUT2D eigenvalue weighted by Gasteiger charge is 2.37.